The van der Waals surface area contributed by atoms with Gasteiger partial charge in [0, 0.05) is 18.1 Å². The molecule has 7 heteroatoms. The van der Waals surface area contributed by atoms with Gasteiger partial charge in [-0.1, -0.05) is 0 Å². The summed E-state index contributed by atoms with van der Waals surface area (Å²) in [7, 11) is 0. The summed E-state index contributed by atoms with van der Waals surface area (Å²) in [6.45, 7) is 0. The highest BCUT2D eigenvalue weighted by molar-refractivity contribution is 6.06. The molecule has 0 unspecified atom stereocenters. The fraction of sp³-hybridized carbons (Fsp3) is 0. The van der Waals surface area contributed by atoms with E-state index in [1.807, 2.05) is 0 Å². The van der Waals surface area contributed by atoms with Gasteiger partial charge in [-0.25, -0.2) is 4.79 Å². The first-order valence-electron chi connectivity index (χ1n) is 6.51. The second-order valence-corrected chi connectivity index (χ2v) is 4.39. The maximum Gasteiger partial charge on any atom is 0.335 e. The van der Waals surface area contributed by atoms with Gasteiger partial charge in [0.1, 0.15) is 11.6 Å². The van der Waals surface area contributed by atoms with Gasteiger partial charge in [-0.3, -0.25) is 9.78 Å². The van der Waals surface area contributed by atoms with Crippen LogP contribution in [0.5, 0.6) is 0 Å². The van der Waals surface area contributed by atoms with Crippen molar-refractivity contribution in [2.24, 2.45) is 0 Å². The molecule has 23 heavy (non-hydrogen) atoms. The molecule has 0 bridgehead atoms. The Balaban J connectivity index is 2.05. The number of pyridine rings is 1. The molecule has 114 valence electrons. The molecule has 0 aliphatic carbocycles. The van der Waals surface area contributed by atoms with Crippen LogP contribution in [0.3, 0.4) is 0 Å². The molecular formula is C16H12N4O3. The van der Waals surface area contributed by atoms with Crippen LogP contribution in [0.2, 0.25) is 0 Å². The number of nitrogens with zero attached hydrogens (tertiary/aromatic N) is 2. The van der Waals surface area contributed by atoms with E-state index in [1.54, 1.807) is 30.6 Å². The largest absolute Gasteiger partial charge is 0.478 e. The van der Waals surface area contributed by atoms with Crippen LogP contribution in [-0.4, -0.2) is 22.0 Å². The third-order valence-electron chi connectivity index (χ3n) is 2.80. The molecule has 1 amide bonds. The van der Waals surface area contributed by atoms with Gasteiger partial charge < -0.3 is 15.7 Å². The van der Waals surface area contributed by atoms with E-state index in [2.05, 4.69) is 15.6 Å². The minimum Gasteiger partial charge on any atom is -0.478 e. The number of nitriles is 1. The molecule has 3 N–H and O–H groups in total. The third kappa shape index (κ3) is 4.41. The van der Waals surface area contributed by atoms with Crippen molar-refractivity contribution in [3.63, 3.8) is 0 Å². The monoisotopic (exact) mass is 308 g/mol. The zero-order chi connectivity index (χ0) is 16.7. The number of hydrogen-bond donors (Lipinski definition) is 3. The van der Waals surface area contributed by atoms with Crippen molar-refractivity contribution in [1.29, 1.82) is 5.26 Å². The fourth-order valence-electron chi connectivity index (χ4n) is 1.65. The topological polar surface area (TPSA) is 115 Å². The Labute approximate surface area is 131 Å². The number of anilines is 2. The van der Waals surface area contributed by atoms with Crippen LogP contribution >= 0.6 is 0 Å². The second-order valence-electron chi connectivity index (χ2n) is 4.39. The summed E-state index contributed by atoms with van der Waals surface area (Å²) in [4.78, 5) is 26.7. The van der Waals surface area contributed by atoms with Gasteiger partial charge in [0.25, 0.3) is 5.91 Å². The Bertz CT molecular complexity index is 777. The number of benzene rings is 1. The summed E-state index contributed by atoms with van der Waals surface area (Å²) >= 11 is 0. The van der Waals surface area contributed by atoms with Crippen molar-refractivity contribution in [3.8, 4) is 6.07 Å². The molecular weight excluding hydrogens is 296 g/mol. The number of carboxylic acid groups (broad SMARTS) is 1. The summed E-state index contributed by atoms with van der Waals surface area (Å²) in [5.74, 6) is -1.66. The first-order valence-corrected chi connectivity index (χ1v) is 6.51. The highest BCUT2D eigenvalue weighted by Crippen LogP contribution is 2.11. The number of carbonyl (C=O) groups excluding carboxylic acids is 1. The quantitative estimate of drug-likeness (QED) is 0.576. The van der Waals surface area contributed by atoms with E-state index in [1.165, 1.54) is 30.5 Å². The predicted molar refractivity (Wildman–Crippen MR) is 83.6 cm³/mol. The summed E-state index contributed by atoms with van der Waals surface area (Å²) in [5, 5.41) is 23.2. The molecule has 0 radical (unpaired) electrons. The molecule has 1 aromatic heterocycles. The summed E-state index contributed by atoms with van der Waals surface area (Å²) in [6, 6.07) is 10.9. The molecule has 2 rings (SSSR count). The van der Waals surface area contributed by atoms with Crippen LogP contribution in [0.1, 0.15) is 10.4 Å². The highest BCUT2D eigenvalue weighted by Gasteiger charge is 2.10. The van der Waals surface area contributed by atoms with Crippen LogP contribution in [-0.2, 0) is 4.79 Å². The van der Waals surface area contributed by atoms with Crippen LogP contribution in [0, 0.1) is 11.3 Å². The normalized spacial score (nSPS) is 10.5. The SMILES string of the molecule is N#C/C(=C/Nc1cccnc1)C(=O)Nc1ccc(C(=O)O)cc1. The van der Waals surface area contributed by atoms with Crippen LogP contribution in [0.25, 0.3) is 0 Å². The molecule has 1 heterocycles. The number of aromatic carboxylic acids is 1. The molecule has 0 saturated heterocycles. The molecule has 7 nitrogen and oxygen atoms in total. The summed E-state index contributed by atoms with van der Waals surface area (Å²) in [5.41, 5.74) is 1.01. The number of amides is 1. The lowest BCUT2D eigenvalue weighted by Gasteiger charge is -2.05. The number of rotatable bonds is 5. The van der Waals surface area contributed by atoms with Gasteiger partial charge in [-0.15, -0.1) is 0 Å². The van der Waals surface area contributed by atoms with E-state index in [0.717, 1.165) is 0 Å². The Morgan fingerprint density at radius 1 is 1.17 bits per heavy atom. The van der Waals surface area contributed by atoms with Gasteiger partial charge in [-0.2, -0.15) is 5.26 Å². The van der Waals surface area contributed by atoms with Crippen LogP contribution < -0.4 is 10.6 Å². The van der Waals surface area contributed by atoms with Crippen molar-refractivity contribution >= 4 is 23.3 Å². The number of nitrogens with one attached hydrogen (secondary N) is 2. The second kappa shape index (κ2) is 7.38. The van der Waals surface area contributed by atoms with Crippen LogP contribution in [0.15, 0.2) is 60.6 Å². The van der Waals surface area contributed by atoms with Crippen molar-refractivity contribution in [2.45, 2.75) is 0 Å². The lowest BCUT2D eigenvalue weighted by molar-refractivity contribution is -0.112. The van der Waals surface area contributed by atoms with E-state index in [4.69, 9.17) is 10.4 Å². The molecule has 0 fully saturated rings. The average Bonchev–Trinajstić information content (AvgIpc) is 2.57. The van der Waals surface area contributed by atoms with Crippen molar-refractivity contribution in [1.82, 2.24) is 4.98 Å². The summed E-state index contributed by atoms with van der Waals surface area (Å²) in [6.07, 6.45) is 4.43. The van der Waals surface area contributed by atoms with Gasteiger partial charge >= 0.3 is 5.97 Å². The molecule has 0 atom stereocenters. The van der Waals surface area contributed by atoms with E-state index in [0.29, 0.717) is 11.4 Å². The molecule has 1 aromatic carbocycles. The van der Waals surface area contributed by atoms with Crippen LogP contribution in [0.4, 0.5) is 11.4 Å². The van der Waals surface area contributed by atoms with Crippen molar-refractivity contribution in [2.75, 3.05) is 10.6 Å². The van der Waals surface area contributed by atoms with Gasteiger partial charge in [0.05, 0.1) is 17.4 Å². The predicted octanol–water partition coefficient (Wildman–Crippen LogP) is 2.24. The number of aromatic nitrogens is 1. The third-order valence-corrected chi connectivity index (χ3v) is 2.80. The van der Waals surface area contributed by atoms with Gasteiger partial charge in [-0.05, 0) is 36.4 Å². The Hall–Kier alpha value is -3.66. The first kappa shape index (κ1) is 15.7. The number of carbonyl (C=O) groups is 2. The number of hydrogen-bond acceptors (Lipinski definition) is 5. The average molecular weight is 308 g/mol. The minimum absolute atomic E-state index is 0.109. The minimum atomic E-state index is -1.05. The Morgan fingerprint density at radius 3 is 2.48 bits per heavy atom. The van der Waals surface area contributed by atoms with E-state index < -0.39 is 11.9 Å². The zero-order valence-electron chi connectivity index (χ0n) is 11.9. The van der Waals surface area contributed by atoms with E-state index >= 15 is 0 Å². The van der Waals surface area contributed by atoms with Crippen molar-refractivity contribution in [3.05, 3.63) is 66.1 Å². The smallest absolute Gasteiger partial charge is 0.335 e. The van der Waals surface area contributed by atoms with E-state index in [-0.39, 0.29) is 11.1 Å². The molecule has 0 spiro atoms. The van der Waals surface area contributed by atoms with E-state index in [9.17, 15) is 9.59 Å². The molecule has 2 aromatic rings. The number of carboxylic acids is 1. The summed E-state index contributed by atoms with van der Waals surface area (Å²) < 4.78 is 0. The highest BCUT2D eigenvalue weighted by atomic mass is 16.4. The Kier molecular flexibility index (Phi) is 5.04. The maximum atomic E-state index is 12.0. The maximum absolute atomic E-state index is 12.0. The van der Waals surface area contributed by atoms with Crippen molar-refractivity contribution < 1.29 is 14.7 Å². The molecule has 0 saturated carbocycles. The molecule has 0 aliphatic rings. The van der Waals surface area contributed by atoms with Gasteiger partial charge in [0.2, 0.25) is 0 Å². The lowest BCUT2D eigenvalue weighted by Crippen LogP contribution is -2.14. The zero-order valence-corrected chi connectivity index (χ0v) is 11.9. The Morgan fingerprint density at radius 2 is 1.91 bits per heavy atom. The van der Waals surface area contributed by atoms with Gasteiger partial charge in [0.15, 0.2) is 0 Å². The first-order chi connectivity index (χ1) is 11.1. The molecule has 0 aliphatic heterocycles. The standard InChI is InChI=1S/C16H12N4O3/c17-8-12(9-19-14-2-1-7-18-10-14)15(21)20-13-5-3-11(4-6-13)16(22)23/h1-7,9-10,19H,(H,20,21)(H,22,23)/b12-9-. The lowest BCUT2D eigenvalue weighted by atomic mass is 10.2. The fourth-order valence-corrected chi connectivity index (χ4v) is 1.65.